The highest BCUT2D eigenvalue weighted by Crippen LogP contribution is 2.15. The van der Waals surface area contributed by atoms with E-state index in [1.807, 2.05) is 0 Å². The average Bonchev–Trinajstić information content (AvgIpc) is 2.26. The number of rotatable bonds is 6. The molecule has 2 heteroatoms. The van der Waals surface area contributed by atoms with E-state index in [-0.39, 0.29) is 6.10 Å². The predicted octanol–water partition coefficient (Wildman–Crippen LogP) is 3.22. The molecule has 0 radical (unpaired) electrons. The molecule has 2 nitrogen and oxygen atoms in total. The molecule has 0 bridgehead atoms. The van der Waals surface area contributed by atoms with Crippen molar-refractivity contribution < 1.29 is 5.11 Å². The minimum Gasteiger partial charge on any atom is -0.392 e. The van der Waals surface area contributed by atoms with Crippen molar-refractivity contribution in [2.45, 2.75) is 59.0 Å². The number of hydrogen-bond donors (Lipinski definition) is 1. The molecule has 1 aliphatic heterocycles. The standard InChI is InChI=1S/C15H29NO/c1-13(2)6-4-7-14(3)9-11-16-10-5-8-15(17)12-16/h6,14-15,17H,4-5,7-12H2,1-3H3. The van der Waals surface area contributed by atoms with Crippen molar-refractivity contribution in [1.82, 2.24) is 4.90 Å². The third-order valence-corrected chi connectivity index (χ3v) is 3.63. The summed E-state index contributed by atoms with van der Waals surface area (Å²) in [6.45, 7) is 9.91. The van der Waals surface area contributed by atoms with Crippen LogP contribution in [0.3, 0.4) is 0 Å². The van der Waals surface area contributed by atoms with Crippen molar-refractivity contribution >= 4 is 0 Å². The fourth-order valence-corrected chi connectivity index (χ4v) is 2.44. The van der Waals surface area contributed by atoms with Crippen molar-refractivity contribution in [3.63, 3.8) is 0 Å². The van der Waals surface area contributed by atoms with E-state index in [9.17, 15) is 5.11 Å². The van der Waals surface area contributed by atoms with Crippen molar-refractivity contribution in [3.8, 4) is 0 Å². The molecule has 2 atom stereocenters. The van der Waals surface area contributed by atoms with Crippen LogP contribution in [0.1, 0.15) is 52.9 Å². The molecule has 1 aliphatic rings. The fourth-order valence-electron chi connectivity index (χ4n) is 2.44. The van der Waals surface area contributed by atoms with Gasteiger partial charge in [-0.2, -0.15) is 0 Å². The lowest BCUT2D eigenvalue weighted by molar-refractivity contribution is 0.0678. The van der Waals surface area contributed by atoms with Gasteiger partial charge in [-0.1, -0.05) is 18.6 Å². The molecule has 17 heavy (non-hydrogen) atoms. The highest BCUT2D eigenvalue weighted by atomic mass is 16.3. The molecular formula is C15H29NO. The minimum absolute atomic E-state index is 0.0790. The lowest BCUT2D eigenvalue weighted by atomic mass is 10.00. The molecular weight excluding hydrogens is 210 g/mol. The number of piperidine rings is 1. The normalized spacial score (nSPS) is 23.4. The van der Waals surface area contributed by atoms with E-state index in [4.69, 9.17) is 0 Å². The van der Waals surface area contributed by atoms with Gasteiger partial charge in [-0.3, -0.25) is 0 Å². The second-order valence-electron chi connectivity index (χ2n) is 5.85. The second-order valence-corrected chi connectivity index (χ2v) is 5.85. The molecule has 100 valence electrons. The Labute approximate surface area is 107 Å². The Morgan fingerprint density at radius 2 is 2.18 bits per heavy atom. The van der Waals surface area contributed by atoms with Crippen LogP contribution >= 0.6 is 0 Å². The van der Waals surface area contributed by atoms with Gasteiger partial charge in [0, 0.05) is 6.54 Å². The molecule has 1 N–H and O–H groups in total. The number of allylic oxidation sites excluding steroid dienone is 2. The first-order valence-corrected chi connectivity index (χ1v) is 7.11. The van der Waals surface area contributed by atoms with Crippen molar-refractivity contribution in [1.29, 1.82) is 0 Å². The maximum Gasteiger partial charge on any atom is 0.0667 e. The molecule has 1 fully saturated rings. The van der Waals surface area contributed by atoms with Crippen LogP contribution in [-0.4, -0.2) is 35.7 Å². The summed E-state index contributed by atoms with van der Waals surface area (Å²) in [6.07, 6.45) is 8.18. The Morgan fingerprint density at radius 3 is 2.82 bits per heavy atom. The second kappa shape index (κ2) is 7.88. The van der Waals surface area contributed by atoms with E-state index >= 15 is 0 Å². The third kappa shape index (κ3) is 6.85. The maximum atomic E-state index is 9.60. The Bertz CT molecular complexity index is 233. The summed E-state index contributed by atoms with van der Waals surface area (Å²) in [6, 6.07) is 0. The van der Waals surface area contributed by atoms with Gasteiger partial charge in [-0.05, 0) is 65.0 Å². The highest BCUT2D eigenvalue weighted by Gasteiger charge is 2.17. The van der Waals surface area contributed by atoms with Gasteiger partial charge in [0.25, 0.3) is 0 Å². The molecule has 0 aromatic carbocycles. The number of hydrogen-bond acceptors (Lipinski definition) is 2. The van der Waals surface area contributed by atoms with Gasteiger partial charge >= 0.3 is 0 Å². The molecule has 0 amide bonds. The Balaban J connectivity index is 2.10. The number of likely N-dealkylation sites (tertiary alicyclic amines) is 1. The Kier molecular flexibility index (Phi) is 6.83. The fraction of sp³-hybridized carbons (Fsp3) is 0.867. The molecule has 0 aliphatic carbocycles. The molecule has 2 unspecified atom stereocenters. The van der Waals surface area contributed by atoms with Crippen LogP contribution in [-0.2, 0) is 0 Å². The first-order chi connectivity index (χ1) is 8.08. The third-order valence-electron chi connectivity index (χ3n) is 3.63. The number of β-amino-alcohol motifs (C(OH)–C–C–N with tert-alkyl or cyclic N) is 1. The summed E-state index contributed by atoms with van der Waals surface area (Å²) < 4.78 is 0. The molecule has 1 heterocycles. The van der Waals surface area contributed by atoms with E-state index in [2.05, 4.69) is 31.7 Å². The first-order valence-electron chi connectivity index (χ1n) is 7.11. The zero-order chi connectivity index (χ0) is 12.7. The molecule has 0 aromatic rings. The summed E-state index contributed by atoms with van der Waals surface area (Å²) in [4.78, 5) is 2.42. The Morgan fingerprint density at radius 1 is 1.41 bits per heavy atom. The summed E-state index contributed by atoms with van der Waals surface area (Å²) in [5.74, 6) is 0.796. The van der Waals surface area contributed by atoms with Crippen LogP contribution in [0.5, 0.6) is 0 Å². The highest BCUT2D eigenvalue weighted by molar-refractivity contribution is 4.92. The van der Waals surface area contributed by atoms with Crippen molar-refractivity contribution in [3.05, 3.63) is 11.6 Å². The summed E-state index contributed by atoms with van der Waals surface area (Å²) in [5, 5.41) is 9.60. The monoisotopic (exact) mass is 239 g/mol. The van der Waals surface area contributed by atoms with Crippen LogP contribution in [0.15, 0.2) is 11.6 Å². The predicted molar refractivity (Wildman–Crippen MR) is 74.1 cm³/mol. The van der Waals surface area contributed by atoms with E-state index < -0.39 is 0 Å². The number of aliphatic hydroxyl groups excluding tert-OH is 1. The van der Waals surface area contributed by atoms with Gasteiger partial charge < -0.3 is 10.0 Å². The summed E-state index contributed by atoms with van der Waals surface area (Å²) in [5.41, 5.74) is 1.43. The smallest absolute Gasteiger partial charge is 0.0667 e. The van der Waals surface area contributed by atoms with E-state index in [1.165, 1.54) is 31.4 Å². The SMILES string of the molecule is CC(C)=CCCC(C)CCN1CCCC(O)C1. The van der Waals surface area contributed by atoms with Crippen LogP contribution in [0.25, 0.3) is 0 Å². The number of aliphatic hydroxyl groups is 1. The van der Waals surface area contributed by atoms with E-state index in [0.717, 1.165) is 31.8 Å². The van der Waals surface area contributed by atoms with Gasteiger partial charge in [0.15, 0.2) is 0 Å². The van der Waals surface area contributed by atoms with E-state index in [1.54, 1.807) is 0 Å². The first kappa shape index (κ1) is 14.7. The Hall–Kier alpha value is -0.340. The van der Waals surface area contributed by atoms with Gasteiger partial charge in [0.1, 0.15) is 0 Å². The van der Waals surface area contributed by atoms with Gasteiger partial charge in [-0.15, -0.1) is 0 Å². The average molecular weight is 239 g/mol. The summed E-state index contributed by atoms with van der Waals surface area (Å²) >= 11 is 0. The zero-order valence-corrected chi connectivity index (χ0v) is 11.8. The zero-order valence-electron chi connectivity index (χ0n) is 11.8. The largest absolute Gasteiger partial charge is 0.392 e. The van der Waals surface area contributed by atoms with E-state index in [0.29, 0.717) is 0 Å². The lowest BCUT2D eigenvalue weighted by Crippen LogP contribution is -2.39. The minimum atomic E-state index is -0.0790. The van der Waals surface area contributed by atoms with Crippen LogP contribution in [0, 0.1) is 5.92 Å². The van der Waals surface area contributed by atoms with Crippen molar-refractivity contribution in [2.24, 2.45) is 5.92 Å². The molecule has 1 rings (SSSR count). The topological polar surface area (TPSA) is 23.5 Å². The molecule has 0 saturated carbocycles. The van der Waals surface area contributed by atoms with Crippen LogP contribution < -0.4 is 0 Å². The number of nitrogens with zero attached hydrogens (tertiary/aromatic N) is 1. The van der Waals surface area contributed by atoms with Crippen LogP contribution in [0.4, 0.5) is 0 Å². The summed E-state index contributed by atoms with van der Waals surface area (Å²) in [7, 11) is 0. The quantitative estimate of drug-likeness (QED) is 0.719. The van der Waals surface area contributed by atoms with Gasteiger partial charge in [-0.25, -0.2) is 0 Å². The van der Waals surface area contributed by atoms with Crippen molar-refractivity contribution in [2.75, 3.05) is 19.6 Å². The maximum absolute atomic E-state index is 9.60. The molecule has 0 aromatic heterocycles. The molecule has 0 spiro atoms. The van der Waals surface area contributed by atoms with Gasteiger partial charge in [0.2, 0.25) is 0 Å². The molecule has 1 saturated heterocycles. The van der Waals surface area contributed by atoms with Gasteiger partial charge in [0.05, 0.1) is 6.10 Å². The lowest BCUT2D eigenvalue weighted by Gasteiger charge is -2.30. The van der Waals surface area contributed by atoms with Crippen LogP contribution in [0.2, 0.25) is 0 Å².